The highest BCUT2D eigenvalue weighted by atomic mass is 32.1. The lowest BCUT2D eigenvalue weighted by Crippen LogP contribution is -2.43. The molecule has 2 aromatic rings. The normalized spacial score (nSPS) is 16.1. The summed E-state index contributed by atoms with van der Waals surface area (Å²) in [6, 6.07) is 10.2. The van der Waals surface area contributed by atoms with E-state index in [1.54, 1.807) is 0 Å². The van der Waals surface area contributed by atoms with Crippen molar-refractivity contribution in [2.75, 3.05) is 20.1 Å². The number of amides is 1. The fourth-order valence-corrected chi connectivity index (χ4v) is 3.65. The first kappa shape index (κ1) is 17.0. The zero-order valence-corrected chi connectivity index (χ0v) is 15.1. The molecular weight excluding hydrogens is 320 g/mol. The summed E-state index contributed by atoms with van der Waals surface area (Å²) in [5.41, 5.74) is 2.21. The number of piperidine rings is 1. The summed E-state index contributed by atoms with van der Waals surface area (Å²) >= 11 is 1.48. The molecule has 0 spiro atoms. The molecule has 1 aliphatic rings. The third kappa shape index (κ3) is 4.58. The van der Waals surface area contributed by atoms with Gasteiger partial charge in [-0.1, -0.05) is 12.1 Å². The lowest BCUT2D eigenvalue weighted by molar-refractivity contribution is 0.0921. The highest BCUT2D eigenvalue weighted by Gasteiger charge is 2.19. The topological polar surface area (TPSA) is 41.6 Å². The third-order valence-corrected chi connectivity index (χ3v) is 5.30. The summed E-state index contributed by atoms with van der Waals surface area (Å²) in [5, 5.41) is 5.15. The molecular formula is C19H24N2O2S. The van der Waals surface area contributed by atoms with Crippen molar-refractivity contribution in [3.05, 3.63) is 51.7 Å². The molecule has 1 aliphatic heterocycles. The van der Waals surface area contributed by atoms with Crippen LogP contribution in [0, 0.1) is 6.92 Å². The Bertz CT molecular complexity index is 690. The number of nitrogens with zero attached hydrogens (tertiary/aromatic N) is 1. The van der Waals surface area contributed by atoms with Gasteiger partial charge in [0.25, 0.3) is 5.91 Å². The predicted molar refractivity (Wildman–Crippen MR) is 97.8 cm³/mol. The van der Waals surface area contributed by atoms with Crippen LogP contribution in [0.1, 0.15) is 33.6 Å². The van der Waals surface area contributed by atoms with Gasteiger partial charge in [-0.2, -0.15) is 0 Å². The van der Waals surface area contributed by atoms with Gasteiger partial charge in [0.15, 0.2) is 0 Å². The summed E-state index contributed by atoms with van der Waals surface area (Å²) in [6.07, 6.45) is 2.05. The number of thiophene rings is 1. The van der Waals surface area contributed by atoms with Crippen molar-refractivity contribution >= 4 is 17.2 Å². The first-order chi connectivity index (χ1) is 11.6. The van der Waals surface area contributed by atoms with E-state index < -0.39 is 0 Å². The summed E-state index contributed by atoms with van der Waals surface area (Å²) in [6.45, 7) is 4.63. The van der Waals surface area contributed by atoms with Crippen molar-refractivity contribution in [1.29, 1.82) is 0 Å². The molecule has 1 N–H and O–H groups in total. The van der Waals surface area contributed by atoms with Gasteiger partial charge in [-0.3, -0.25) is 4.79 Å². The number of carbonyl (C=O) groups is 1. The summed E-state index contributed by atoms with van der Waals surface area (Å²) in [5.74, 6) is 0.898. The molecule has 0 unspecified atom stereocenters. The van der Waals surface area contributed by atoms with Gasteiger partial charge in [-0.25, -0.2) is 0 Å². The van der Waals surface area contributed by atoms with Gasteiger partial charge in [0.05, 0.1) is 4.88 Å². The van der Waals surface area contributed by atoms with Crippen molar-refractivity contribution in [3.8, 4) is 5.75 Å². The molecule has 1 fully saturated rings. The molecule has 0 aliphatic carbocycles. The van der Waals surface area contributed by atoms with Crippen molar-refractivity contribution in [2.45, 2.75) is 32.4 Å². The molecule has 0 atom stereocenters. The first-order valence-electron chi connectivity index (χ1n) is 8.36. The molecule has 5 heteroatoms. The molecule has 2 heterocycles. The van der Waals surface area contributed by atoms with Crippen molar-refractivity contribution in [1.82, 2.24) is 10.2 Å². The Labute approximate surface area is 147 Å². The number of hydrogen-bond donors (Lipinski definition) is 1. The Morgan fingerprint density at radius 1 is 1.33 bits per heavy atom. The van der Waals surface area contributed by atoms with Crippen LogP contribution in [0.2, 0.25) is 0 Å². The van der Waals surface area contributed by atoms with Crippen LogP contribution in [0.15, 0.2) is 35.7 Å². The number of benzene rings is 1. The second-order valence-electron chi connectivity index (χ2n) is 6.48. The van der Waals surface area contributed by atoms with Crippen LogP contribution < -0.4 is 10.1 Å². The zero-order chi connectivity index (χ0) is 16.9. The molecule has 3 rings (SSSR count). The first-order valence-corrected chi connectivity index (χ1v) is 9.24. The Morgan fingerprint density at radius 3 is 2.88 bits per heavy atom. The highest BCUT2D eigenvalue weighted by Crippen LogP contribution is 2.19. The summed E-state index contributed by atoms with van der Waals surface area (Å²) in [7, 11) is 2.12. The quantitative estimate of drug-likeness (QED) is 0.903. The van der Waals surface area contributed by atoms with Crippen molar-refractivity contribution in [3.63, 3.8) is 0 Å². The van der Waals surface area contributed by atoms with Crippen LogP contribution in [0.5, 0.6) is 5.75 Å². The molecule has 0 bridgehead atoms. The Balaban J connectivity index is 1.52. The number of rotatable bonds is 5. The average molecular weight is 344 g/mol. The van der Waals surface area contributed by atoms with Crippen LogP contribution in [0.4, 0.5) is 0 Å². The van der Waals surface area contributed by atoms with E-state index in [1.807, 2.05) is 42.6 Å². The Hall–Kier alpha value is -1.85. The molecule has 1 aromatic heterocycles. The second-order valence-corrected chi connectivity index (χ2v) is 7.39. The number of aryl methyl sites for hydroxylation is 1. The molecule has 1 amide bonds. The molecule has 0 radical (unpaired) electrons. The fourth-order valence-electron chi connectivity index (χ4n) is 2.85. The van der Waals surface area contributed by atoms with Gasteiger partial charge in [0, 0.05) is 11.6 Å². The van der Waals surface area contributed by atoms with Crippen molar-refractivity contribution in [2.24, 2.45) is 0 Å². The van der Waals surface area contributed by atoms with E-state index in [2.05, 4.69) is 17.3 Å². The number of hydrogen-bond acceptors (Lipinski definition) is 4. The minimum Gasteiger partial charge on any atom is -0.489 e. The minimum atomic E-state index is 0.0383. The number of nitrogens with one attached hydrogen (secondary N) is 1. The van der Waals surface area contributed by atoms with Crippen LogP contribution in [-0.2, 0) is 6.61 Å². The minimum absolute atomic E-state index is 0.0383. The number of likely N-dealkylation sites (tertiary alicyclic amines) is 1. The van der Waals surface area contributed by atoms with Crippen molar-refractivity contribution < 1.29 is 9.53 Å². The van der Waals surface area contributed by atoms with Gasteiger partial charge in [-0.05, 0) is 69.0 Å². The van der Waals surface area contributed by atoms with E-state index in [1.165, 1.54) is 16.9 Å². The summed E-state index contributed by atoms with van der Waals surface area (Å²) in [4.78, 5) is 15.4. The lowest BCUT2D eigenvalue weighted by atomic mass is 10.1. The van der Waals surface area contributed by atoms with E-state index in [0.29, 0.717) is 12.6 Å². The monoisotopic (exact) mass is 344 g/mol. The molecule has 128 valence electrons. The van der Waals surface area contributed by atoms with Crippen LogP contribution in [-0.4, -0.2) is 37.0 Å². The predicted octanol–water partition coefficient (Wildman–Crippen LogP) is 3.46. The Kier molecular flexibility index (Phi) is 5.53. The van der Waals surface area contributed by atoms with E-state index >= 15 is 0 Å². The molecule has 1 aromatic carbocycles. The SMILES string of the molecule is Cc1cccc(OCc2csc(C(=O)NC3CCN(C)CC3)c2)c1. The molecule has 0 saturated carbocycles. The largest absolute Gasteiger partial charge is 0.489 e. The van der Waals surface area contributed by atoms with Gasteiger partial charge in [-0.15, -0.1) is 11.3 Å². The van der Waals surface area contributed by atoms with Gasteiger partial charge >= 0.3 is 0 Å². The Morgan fingerprint density at radius 2 is 2.12 bits per heavy atom. The maximum atomic E-state index is 12.4. The molecule has 1 saturated heterocycles. The smallest absolute Gasteiger partial charge is 0.261 e. The van der Waals surface area contributed by atoms with E-state index in [4.69, 9.17) is 4.74 Å². The highest BCUT2D eigenvalue weighted by molar-refractivity contribution is 7.12. The van der Waals surface area contributed by atoms with E-state index in [-0.39, 0.29) is 5.91 Å². The van der Waals surface area contributed by atoms with Gasteiger partial charge in [0.1, 0.15) is 12.4 Å². The van der Waals surface area contributed by atoms with Gasteiger partial charge in [0.2, 0.25) is 0 Å². The van der Waals surface area contributed by atoms with Gasteiger partial charge < -0.3 is 15.0 Å². The van der Waals surface area contributed by atoms with Crippen LogP contribution in [0.3, 0.4) is 0 Å². The van der Waals surface area contributed by atoms with Crippen LogP contribution in [0.25, 0.3) is 0 Å². The number of ether oxygens (including phenoxy) is 1. The second kappa shape index (κ2) is 7.81. The number of carbonyl (C=O) groups excluding carboxylic acids is 1. The molecule has 4 nitrogen and oxygen atoms in total. The third-order valence-electron chi connectivity index (χ3n) is 4.33. The standard InChI is InChI=1S/C19H24N2O2S/c1-14-4-3-5-17(10-14)23-12-15-11-18(24-13-15)19(22)20-16-6-8-21(2)9-7-16/h3-5,10-11,13,16H,6-9,12H2,1-2H3,(H,20,22). The summed E-state index contributed by atoms with van der Waals surface area (Å²) < 4.78 is 5.80. The zero-order valence-electron chi connectivity index (χ0n) is 14.2. The van der Waals surface area contributed by atoms with Crippen LogP contribution >= 0.6 is 11.3 Å². The van der Waals surface area contributed by atoms with E-state index in [0.717, 1.165) is 42.1 Å². The maximum Gasteiger partial charge on any atom is 0.261 e. The maximum absolute atomic E-state index is 12.4. The fraction of sp³-hybridized carbons (Fsp3) is 0.421. The average Bonchev–Trinajstić information content (AvgIpc) is 3.04. The lowest BCUT2D eigenvalue weighted by Gasteiger charge is -2.29. The molecule has 24 heavy (non-hydrogen) atoms. The van der Waals surface area contributed by atoms with E-state index in [9.17, 15) is 4.79 Å².